The predicted octanol–water partition coefficient (Wildman–Crippen LogP) is 2.40. The van der Waals surface area contributed by atoms with E-state index in [-0.39, 0.29) is 0 Å². The molecule has 1 saturated carbocycles. The van der Waals surface area contributed by atoms with Gasteiger partial charge in [0.05, 0.1) is 13.2 Å². The van der Waals surface area contributed by atoms with E-state index < -0.39 is 0 Å². The molecule has 2 fully saturated rings. The molecule has 2 aliphatic rings. The van der Waals surface area contributed by atoms with Gasteiger partial charge in [-0.2, -0.15) is 0 Å². The van der Waals surface area contributed by atoms with E-state index in [0.717, 1.165) is 44.0 Å². The molecule has 4 nitrogen and oxygen atoms in total. The number of ether oxygens (including phenoxy) is 1. The first kappa shape index (κ1) is 13.3. The number of anilines is 1. The molecule has 106 valence electrons. The van der Waals surface area contributed by atoms with Crippen LogP contribution in [-0.4, -0.2) is 37.3 Å². The van der Waals surface area contributed by atoms with Gasteiger partial charge in [0.25, 0.3) is 0 Å². The SMILES string of the molecule is c1nc(N2CCOCC2)sc1CNC1CCCCC1. The average molecular weight is 281 g/mol. The molecule has 0 radical (unpaired) electrons. The summed E-state index contributed by atoms with van der Waals surface area (Å²) in [7, 11) is 0. The molecule has 0 amide bonds. The standard InChI is InChI=1S/C14H23N3OS/c1-2-4-12(5-3-1)15-10-13-11-16-14(19-13)17-6-8-18-9-7-17/h11-12,15H,1-10H2. The van der Waals surface area contributed by atoms with Crippen molar-refractivity contribution in [2.45, 2.75) is 44.7 Å². The lowest BCUT2D eigenvalue weighted by atomic mass is 9.95. The van der Waals surface area contributed by atoms with Gasteiger partial charge in [0, 0.05) is 36.8 Å². The van der Waals surface area contributed by atoms with Gasteiger partial charge < -0.3 is 15.0 Å². The maximum absolute atomic E-state index is 5.38. The lowest BCUT2D eigenvalue weighted by molar-refractivity contribution is 0.122. The van der Waals surface area contributed by atoms with Gasteiger partial charge in [0.1, 0.15) is 0 Å². The second kappa shape index (κ2) is 6.68. The van der Waals surface area contributed by atoms with Crippen molar-refractivity contribution in [1.29, 1.82) is 0 Å². The normalized spacial score (nSPS) is 21.8. The summed E-state index contributed by atoms with van der Waals surface area (Å²) in [5.41, 5.74) is 0. The Labute approximate surface area is 119 Å². The Morgan fingerprint density at radius 2 is 2.05 bits per heavy atom. The fraction of sp³-hybridized carbons (Fsp3) is 0.786. The van der Waals surface area contributed by atoms with Gasteiger partial charge >= 0.3 is 0 Å². The van der Waals surface area contributed by atoms with Crippen LogP contribution in [0.15, 0.2) is 6.20 Å². The zero-order valence-electron chi connectivity index (χ0n) is 11.4. The highest BCUT2D eigenvalue weighted by atomic mass is 32.1. The van der Waals surface area contributed by atoms with Crippen LogP contribution in [0.25, 0.3) is 0 Å². The van der Waals surface area contributed by atoms with Gasteiger partial charge in [-0.25, -0.2) is 4.98 Å². The summed E-state index contributed by atoms with van der Waals surface area (Å²) in [5.74, 6) is 0. The summed E-state index contributed by atoms with van der Waals surface area (Å²) in [4.78, 5) is 8.24. The Hall–Kier alpha value is -0.650. The highest BCUT2D eigenvalue weighted by Crippen LogP contribution is 2.24. The molecule has 1 saturated heterocycles. The third-order valence-corrected chi connectivity index (χ3v) is 5.05. The molecule has 3 rings (SSSR count). The average Bonchev–Trinajstić information content (AvgIpc) is 2.96. The van der Waals surface area contributed by atoms with Crippen LogP contribution in [-0.2, 0) is 11.3 Å². The van der Waals surface area contributed by atoms with E-state index in [4.69, 9.17) is 4.74 Å². The Morgan fingerprint density at radius 1 is 1.26 bits per heavy atom. The largest absolute Gasteiger partial charge is 0.378 e. The third-order valence-electron chi connectivity index (χ3n) is 3.99. The number of nitrogens with one attached hydrogen (secondary N) is 1. The molecule has 0 atom stereocenters. The summed E-state index contributed by atoms with van der Waals surface area (Å²) in [6.45, 7) is 4.59. The topological polar surface area (TPSA) is 37.4 Å². The predicted molar refractivity (Wildman–Crippen MR) is 78.9 cm³/mol. The van der Waals surface area contributed by atoms with Gasteiger partial charge in [-0.3, -0.25) is 0 Å². The van der Waals surface area contributed by atoms with E-state index >= 15 is 0 Å². The Kier molecular flexibility index (Phi) is 4.69. The fourth-order valence-electron chi connectivity index (χ4n) is 2.83. The molecule has 2 heterocycles. The van der Waals surface area contributed by atoms with Crippen molar-refractivity contribution in [2.24, 2.45) is 0 Å². The minimum Gasteiger partial charge on any atom is -0.378 e. The van der Waals surface area contributed by atoms with Crippen molar-refractivity contribution in [2.75, 3.05) is 31.2 Å². The molecule has 0 aromatic carbocycles. The number of rotatable bonds is 4. The maximum Gasteiger partial charge on any atom is 0.185 e. The number of nitrogens with zero attached hydrogens (tertiary/aromatic N) is 2. The first-order valence-corrected chi connectivity index (χ1v) is 8.24. The van der Waals surface area contributed by atoms with E-state index in [2.05, 4.69) is 15.2 Å². The van der Waals surface area contributed by atoms with Gasteiger partial charge in [-0.1, -0.05) is 19.3 Å². The van der Waals surface area contributed by atoms with Crippen LogP contribution in [0, 0.1) is 0 Å². The van der Waals surface area contributed by atoms with Gasteiger partial charge in [-0.05, 0) is 12.8 Å². The van der Waals surface area contributed by atoms with Gasteiger partial charge in [0.2, 0.25) is 0 Å². The van der Waals surface area contributed by atoms with Gasteiger partial charge in [0.15, 0.2) is 5.13 Å². The smallest absolute Gasteiger partial charge is 0.185 e. The highest BCUT2D eigenvalue weighted by Gasteiger charge is 2.16. The molecular weight excluding hydrogens is 258 g/mol. The van der Waals surface area contributed by atoms with E-state index in [1.54, 1.807) is 0 Å². The summed E-state index contributed by atoms with van der Waals surface area (Å²) < 4.78 is 5.38. The number of hydrogen-bond acceptors (Lipinski definition) is 5. The van der Waals surface area contributed by atoms with Crippen molar-refractivity contribution in [3.63, 3.8) is 0 Å². The lowest BCUT2D eigenvalue weighted by Crippen LogP contribution is -2.36. The lowest BCUT2D eigenvalue weighted by Gasteiger charge is -2.26. The van der Waals surface area contributed by atoms with E-state index in [9.17, 15) is 0 Å². The van der Waals surface area contributed by atoms with Crippen molar-refractivity contribution >= 4 is 16.5 Å². The van der Waals surface area contributed by atoms with Crippen LogP contribution in [0.5, 0.6) is 0 Å². The molecular formula is C14H23N3OS. The zero-order chi connectivity index (χ0) is 12.9. The fourth-order valence-corrected chi connectivity index (χ4v) is 3.74. The molecule has 1 aromatic rings. The number of thiazole rings is 1. The molecule has 1 aromatic heterocycles. The Bertz CT molecular complexity index is 384. The summed E-state index contributed by atoms with van der Waals surface area (Å²) in [6, 6.07) is 0.725. The molecule has 0 bridgehead atoms. The van der Waals surface area contributed by atoms with Crippen molar-refractivity contribution in [1.82, 2.24) is 10.3 Å². The van der Waals surface area contributed by atoms with Crippen LogP contribution < -0.4 is 10.2 Å². The highest BCUT2D eigenvalue weighted by molar-refractivity contribution is 7.15. The van der Waals surface area contributed by atoms with Crippen LogP contribution in [0.3, 0.4) is 0 Å². The molecule has 1 aliphatic carbocycles. The minimum absolute atomic E-state index is 0.725. The molecule has 0 unspecified atom stereocenters. The molecule has 0 spiro atoms. The molecule has 5 heteroatoms. The van der Waals surface area contributed by atoms with Crippen LogP contribution in [0.4, 0.5) is 5.13 Å². The zero-order valence-corrected chi connectivity index (χ0v) is 12.3. The quantitative estimate of drug-likeness (QED) is 0.919. The van der Waals surface area contributed by atoms with E-state index in [1.165, 1.54) is 37.0 Å². The monoisotopic (exact) mass is 281 g/mol. The second-order valence-electron chi connectivity index (χ2n) is 5.42. The Morgan fingerprint density at radius 3 is 2.84 bits per heavy atom. The summed E-state index contributed by atoms with van der Waals surface area (Å²) in [6.07, 6.45) is 8.91. The van der Waals surface area contributed by atoms with Crippen LogP contribution in [0.1, 0.15) is 37.0 Å². The minimum atomic E-state index is 0.725. The van der Waals surface area contributed by atoms with Crippen molar-refractivity contribution in [3.8, 4) is 0 Å². The number of morpholine rings is 1. The third kappa shape index (κ3) is 3.68. The second-order valence-corrected chi connectivity index (χ2v) is 6.52. The van der Waals surface area contributed by atoms with Crippen molar-refractivity contribution in [3.05, 3.63) is 11.1 Å². The van der Waals surface area contributed by atoms with E-state index in [0.29, 0.717) is 0 Å². The van der Waals surface area contributed by atoms with Crippen molar-refractivity contribution < 1.29 is 4.74 Å². The Balaban J connectivity index is 1.49. The number of hydrogen-bond donors (Lipinski definition) is 1. The van der Waals surface area contributed by atoms with E-state index in [1.807, 2.05) is 17.5 Å². The number of aromatic nitrogens is 1. The summed E-state index contributed by atoms with van der Waals surface area (Å²) >= 11 is 1.82. The summed E-state index contributed by atoms with van der Waals surface area (Å²) in [5, 5.41) is 4.84. The first-order valence-electron chi connectivity index (χ1n) is 7.42. The van der Waals surface area contributed by atoms with Crippen LogP contribution in [0.2, 0.25) is 0 Å². The molecule has 19 heavy (non-hydrogen) atoms. The maximum atomic E-state index is 5.38. The van der Waals surface area contributed by atoms with Crippen LogP contribution >= 0.6 is 11.3 Å². The molecule has 1 aliphatic heterocycles. The van der Waals surface area contributed by atoms with Gasteiger partial charge in [-0.15, -0.1) is 11.3 Å². The molecule has 1 N–H and O–H groups in total. The first-order chi connectivity index (χ1) is 9.42.